The molecule has 0 spiro atoms. The molecule has 2 amide bonds. The molecule has 3 N–H and O–H groups in total. The van der Waals surface area contributed by atoms with Crippen molar-refractivity contribution >= 4 is 29.5 Å². The topological polar surface area (TPSA) is 171 Å². The summed E-state index contributed by atoms with van der Waals surface area (Å²) in [7, 11) is 2.86. The first kappa shape index (κ1) is 35.7. The summed E-state index contributed by atoms with van der Waals surface area (Å²) in [6.45, 7) is -1.30. The third kappa shape index (κ3) is 7.66. The average molecular weight is 706 g/mol. The van der Waals surface area contributed by atoms with E-state index >= 15 is 0 Å². The number of nitrogens with one attached hydrogen (secondary N) is 2. The highest BCUT2D eigenvalue weighted by molar-refractivity contribution is 5.96. The van der Waals surface area contributed by atoms with Crippen LogP contribution in [0.1, 0.15) is 36.4 Å². The lowest BCUT2D eigenvalue weighted by molar-refractivity contribution is -0.141. The Labute approximate surface area is 281 Å². The van der Waals surface area contributed by atoms with E-state index in [0.29, 0.717) is 30.0 Å². The van der Waals surface area contributed by atoms with Crippen LogP contribution >= 0.6 is 0 Å². The molecule has 1 aliphatic carbocycles. The summed E-state index contributed by atoms with van der Waals surface area (Å²) in [5, 5.41) is 14.4. The van der Waals surface area contributed by atoms with Crippen LogP contribution in [0, 0.1) is 29.2 Å². The summed E-state index contributed by atoms with van der Waals surface area (Å²) in [6.07, 6.45) is 0.345. The van der Waals surface area contributed by atoms with Crippen molar-refractivity contribution in [3.05, 3.63) is 71.1 Å². The van der Waals surface area contributed by atoms with Gasteiger partial charge in [-0.15, -0.1) is 0 Å². The van der Waals surface area contributed by atoms with Crippen LogP contribution in [0.4, 0.5) is 22.4 Å². The van der Waals surface area contributed by atoms with Gasteiger partial charge in [-0.05, 0) is 24.5 Å². The summed E-state index contributed by atoms with van der Waals surface area (Å²) in [5.74, 6) is -14.1. The minimum absolute atomic E-state index is 0.0480. The highest BCUT2D eigenvalue weighted by atomic mass is 19.2. The second kappa shape index (κ2) is 14.9. The lowest BCUT2D eigenvalue weighted by Gasteiger charge is -2.31. The van der Waals surface area contributed by atoms with E-state index in [2.05, 4.69) is 15.4 Å². The fraction of sp³-hybridized carbons (Fsp3) is 0.364. The van der Waals surface area contributed by atoms with Crippen LogP contribution in [-0.2, 0) is 32.1 Å². The van der Waals surface area contributed by atoms with Crippen LogP contribution in [0.3, 0.4) is 0 Å². The number of methoxy groups -OCH3 is 2. The van der Waals surface area contributed by atoms with Crippen molar-refractivity contribution in [2.75, 3.05) is 20.8 Å². The number of nitrogens with zero attached hydrogens (tertiary/aromatic N) is 1. The zero-order valence-electron chi connectivity index (χ0n) is 26.6. The van der Waals surface area contributed by atoms with E-state index in [-0.39, 0.29) is 24.8 Å². The van der Waals surface area contributed by atoms with Crippen LogP contribution in [0.15, 0.2) is 36.5 Å². The lowest BCUT2D eigenvalue weighted by atomic mass is 9.79. The first-order chi connectivity index (χ1) is 23.8. The number of Topliss-reactive ketones (excluding diaryl/α,β-unsaturated/α-hetero) is 2. The zero-order valence-corrected chi connectivity index (χ0v) is 26.6. The molecule has 2 aliphatic rings. The molecular weight excluding hydrogens is 674 g/mol. The molecule has 0 radical (unpaired) electrons. The van der Waals surface area contributed by atoms with Crippen LogP contribution in [0.2, 0.25) is 0 Å². The van der Waals surface area contributed by atoms with Gasteiger partial charge in [0, 0.05) is 55.2 Å². The summed E-state index contributed by atoms with van der Waals surface area (Å²) < 4.78 is 77.3. The largest absolute Gasteiger partial charge is 0.496 e. The molecule has 1 aliphatic heterocycles. The van der Waals surface area contributed by atoms with Gasteiger partial charge in [-0.2, -0.15) is 8.78 Å². The van der Waals surface area contributed by atoms with Crippen molar-refractivity contribution in [3.8, 4) is 23.0 Å². The number of halogens is 4. The molecule has 0 bridgehead atoms. The Hall–Kier alpha value is -5.61. The van der Waals surface area contributed by atoms with Crippen LogP contribution in [-0.4, -0.2) is 72.1 Å². The first-order valence-electron chi connectivity index (χ1n) is 15.2. The lowest BCUT2D eigenvalue weighted by Crippen LogP contribution is -2.47. The maximum atomic E-state index is 14.0. The van der Waals surface area contributed by atoms with Gasteiger partial charge in [0.1, 0.15) is 35.7 Å². The van der Waals surface area contributed by atoms with Gasteiger partial charge in [-0.3, -0.25) is 19.2 Å². The van der Waals surface area contributed by atoms with E-state index in [0.717, 1.165) is 5.56 Å². The number of hydrogen-bond acceptors (Lipinski definition) is 9. The van der Waals surface area contributed by atoms with E-state index in [1.165, 1.54) is 26.4 Å². The Kier molecular flexibility index (Phi) is 10.6. The second-order valence-electron chi connectivity index (χ2n) is 11.7. The molecular formula is C33H31F4N3O10. The number of aryl methyl sites for hydroxylation is 1. The number of carbonyl (C=O) groups excluding carboxylic acids is 4. The zero-order chi connectivity index (χ0) is 36.3. The van der Waals surface area contributed by atoms with E-state index in [4.69, 9.17) is 14.2 Å². The van der Waals surface area contributed by atoms with Gasteiger partial charge >= 0.3 is 12.1 Å². The quantitative estimate of drug-likeness (QED) is 0.187. The highest BCUT2D eigenvalue weighted by Crippen LogP contribution is 2.38. The van der Waals surface area contributed by atoms with Gasteiger partial charge in [0.15, 0.2) is 23.2 Å². The Morgan fingerprint density at radius 3 is 2.24 bits per heavy atom. The molecule has 0 saturated heterocycles. The van der Waals surface area contributed by atoms with Crippen molar-refractivity contribution in [2.24, 2.45) is 5.92 Å². The van der Waals surface area contributed by atoms with Crippen molar-refractivity contribution < 1.29 is 65.6 Å². The predicted octanol–water partition coefficient (Wildman–Crippen LogP) is 3.45. The van der Waals surface area contributed by atoms with Crippen molar-refractivity contribution in [2.45, 2.75) is 50.2 Å². The minimum atomic E-state index is -1.91. The van der Waals surface area contributed by atoms with E-state index in [1.54, 1.807) is 22.9 Å². The number of ether oxygens (including phenoxy) is 4. The van der Waals surface area contributed by atoms with Gasteiger partial charge in [0.25, 0.3) is 0 Å². The number of rotatable bonds is 12. The Morgan fingerprint density at radius 1 is 0.980 bits per heavy atom. The minimum Gasteiger partial charge on any atom is -0.496 e. The van der Waals surface area contributed by atoms with Gasteiger partial charge in [-0.25, -0.2) is 13.6 Å². The third-order valence-corrected chi connectivity index (χ3v) is 8.45. The Balaban J connectivity index is 1.29. The average Bonchev–Trinajstić information content (AvgIpc) is 3.40. The fourth-order valence-corrected chi connectivity index (χ4v) is 6.09. The number of benzene rings is 2. The molecule has 17 heteroatoms. The number of hydrogen-bond donors (Lipinski definition) is 3. The number of ketones is 2. The molecule has 50 heavy (non-hydrogen) atoms. The summed E-state index contributed by atoms with van der Waals surface area (Å²) >= 11 is 0. The van der Waals surface area contributed by atoms with Crippen molar-refractivity contribution in [1.82, 2.24) is 15.2 Å². The van der Waals surface area contributed by atoms with E-state index in [1.807, 2.05) is 0 Å². The number of aliphatic carboxylic acids is 1. The SMILES string of the molecule is COc1cc(OC)cc(OC(=O)NC2CCc3ccn4c3C2C(=O)CC(C(=O)NC(CC(=O)O)C(=O)COc2c(F)c(F)cc(F)c2F)C4)c1. The van der Waals surface area contributed by atoms with Gasteiger partial charge in [-0.1, -0.05) is 0 Å². The normalized spacial score (nSPS) is 18.6. The number of carbonyl (C=O) groups is 5. The second-order valence-corrected chi connectivity index (χ2v) is 11.7. The molecule has 3 aromatic rings. The van der Waals surface area contributed by atoms with Crippen LogP contribution in [0.25, 0.3) is 0 Å². The Morgan fingerprint density at radius 2 is 1.62 bits per heavy atom. The predicted molar refractivity (Wildman–Crippen MR) is 162 cm³/mol. The number of aromatic nitrogens is 1. The smallest absolute Gasteiger partial charge is 0.412 e. The van der Waals surface area contributed by atoms with E-state index in [9.17, 15) is 46.6 Å². The molecule has 4 atom stereocenters. The maximum Gasteiger partial charge on any atom is 0.412 e. The summed E-state index contributed by atoms with van der Waals surface area (Å²) in [4.78, 5) is 64.6. The molecule has 266 valence electrons. The summed E-state index contributed by atoms with van der Waals surface area (Å²) in [5.41, 5.74) is 1.42. The maximum absolute atomic E-state index is 14.0. The van der Waals surface area contributed by atoms with Crippen LogP contribution < -0.4 is 29.6 Å². The molecule has 5 rings (SSSR count). The van der Waals surface area contributed by atoms with E-state index < -0.39 is 95.5 Å². The van der Waals surface area contributed by atoms with Crippen molar-refractivity contribution in [1.29, 1.82) is 0 Å². The summed E-state index contributed by atoms with van der Waals surface area (Å²) in [6, 6.07) is 3.73. The van der Waals surface area contributed by atoms with Gasteiger partial charge in [0.05, 0.1) is 32.5 Å². The first-order valence-corrected chi connectivity index (χ1v) is 15.2. The molecule has 1 aromatic heterocycles. The van der Waals surface area contributed by atoms with Crippen molar-refractivity contribution in [3.63, 3.8) is 0 Å². The molecule has 0 fully saturated rings. The molecule has 0 saturated carbocycles. The fourth-order valence-electron chi connectivity index (χ4n) is 6.09. The standard InChI is InChI=1S/C33H31F4N3O10/c1-47-17-8-18(48-2)10-19(9-17)50-33(46)39-22-4-3-15-5-6-40-13-16(7-24(41)27(22)30(15)40)32(45)38-23(12-26(43)44)25(42)14-49-31-28(36)20(34)11-21(35)29(31)37/h5-6,8-11,16,22-23,27H,3-4,7,12-14H2,1-2H3,(H,38,45)(H,39,46)(H,43,44). The third-order valence-electron chi connectivity index (χ3n) is 8.45. The number of carboxylic acid groups (broad SMARTS) is 1. The monoisotopic (exact) mass is 705 g/mol. The molecule has 2 aromatic carbocycles. The Bertz CT molecular complexity index is 1800. The molecule has 2 heterocycles. The van der Waals surface area contributed by atoms with Gasteiger partial charge in [0.2, 0.25) is 17.5 Å². The molecule has 13 nitrogen and oxygen atoms in total. The molecule has 4 unspecified atom stereocenters. The van der Waals surface area contributed by atoms with Crippen LogP contribution in [0.5, 0.6) is 23.0 Å². The number of carboxylic acids is 1. The number of amides is 2. The highest BCUT2D eigenvalue weighted by Gasteiger charge is 2.43. The van der Waals surface area contributed by atoms with Gasteiger partial charge < -0.3 is 39.3 Å².